The third-order valence-corrected chi connectivity index (χ3v) is 2.93. The summed E-state index contributed by atoms with van der Waals surface area (Å²) in [5.41, 5.74) is 6.73. The van der Waals surface area contributed by atoms with Crippen LogP contribution in [0.2, 0.25) is 0 Å². The number of pyridine rings is 1. The molecule has 2 N–H and O–H groups in total. The summed E-state index contributed by atoms with van der Waals surface area (Å²) in [5.74, 6) is 0.561. The quantitative estimate of drug-likeness (QED) is 0.918. The fourth-order valence-electron chi connectivity index (χ4n) is 1.80. The molecule has 0 unspecified atom stereocenters. The Hall–Kier alpha value is -2.14. The molecule has 1 aromatic heterocycles. The van der Waals surface area contributed by atoms with Crippen LogP contribution < -0.4 is 15.4 Å². The van der Waals surface area contributed by atoms with Gasteiger partial charge in [0.05, 0.1) is 7.11 Å². The minimum absolute atomic E-state index is 0.146. The maximum absolute atomic E-state index is 14.2. The van der Waals surface area contributed by atoms with E-state index < -0.39 is 5.82 Å². The highest BCUT2D eigenvalue weighted by molar-refractivity contribution is 5.61. The Balaban J connectivity index is 2.40. The van der Waals surface area contributed by atoms with E-state index in [2.05, 4.69) is 4.98 Å². The first-order valence-electron chi connectivity index (χ1n) is 5.88. The number of halogens is 1. The zero-order valence-corrected chi connectivity index (χ0v) is 10.9. The molecule has 0 bridgehead atoms. The summed E-state index contributed by atoms with van der Waals surface area (Å²) in [7, 11) is 3.34. The maximum Gasteiger partial charge on any atom is 0.170 e. The van der Waals surface area contributed by atoms with Crippen molar-refractivity contribution >= 4 is 11.5 Å². The fourth-order valence-corrected chi connectivity index (χ4v) is 1.80. The zero-order valence-electron chi connectivity index (χ0n) is 10.9. The second-order valence-corrected chi connectivity index (χ2v) is 4.07. The molecule has 2 rings (SSSR count). The van der Waals surface area contributed by atoms with Gasteiger partial charge in [-0.2, -0.15) is 0 Å². The molecule has 0 spiro atoms. The average Bonchev–Trinajstić information content (AvgIpc) is 2.47. The van der Waals surface area contributed by atoms with Crippen molar-refractivity contribution in [3.05, 3.63) is 47.9 Å². The molecule has 1 aromatic carbocycles. The van der Waals surface area contributed by atoms with Gasteiger partial charge < -0.3 is 15.4 Å². The lowest BCUT2D eigenvalue weighted by Gasteiger charge is -2.20. The van der Waals surface area contributed by atoms with Gasteiger partial charge in [-0.3, -0.25) is 0 Å². The molecule has 5 heteroatoms. The predicted molar refractivity (Wildman–Crippen MR) is 73.1 cm³/mol. The molecule has 2 aromatic rings. The van der Waals surface area contributed by atoms with Gasteiger partial charge in [-0.25, -0.2) is 9.37 Å². The van der Waals surface area contributed by atoms with Crippen LogP contribution in [-0.2, 0) is 6.54 Å². The first-order chi connectivity index (χ1) is 9.17. The van der Waals surface area contributed by atoms with Crippen molar-refractivity contribution in [3.8, 4) is 5.75 Å². The molecule has 1 heterocycles. The van der Waals surface area contributed by atoms with E-state index >= 15 is 0 Å². The number of hydrogen-bond donors (Lipinski definition) is 1. The van der Waals surface area contributed by atoms with Gasteiger partial charge in [-0.1, -0.05) is 6.07 Å². The SMILES string of the molecule is COc1cccc(N(C)c2nccc(CN)c2F)c1. The van der Waals surface area contributed by atoms with E-state index in [9.17, 15) is 4.39 Å². The molecule has 19 heavy (non-hydrogen) atoms. The van der Waals surface area contributed by atoms with Crippen LogP contribution in [0.25, 0.3) is 0 Å². The molecular weight excluding hydrogens is 245 g/mol. The van der Waals surface area contributed by atoms with Gasteiger partial charge in [0, 0.05) is 37.1 Å². The van der Waals surface area contributed by atoms with Crippen LogP contribution in [0.5, 0.6) is 5.75 Å². The summed E-state index contributed by atoms with van der Waals surface area (Å²) in [6.07, 6.45) is 1.55. The fraction of sp³-hybridized carbons (Fsp3) is 0.214. The van der Waals surface area contributed by atoms with Gasteiger partial charge in [0.1, 0.15) is 5.75 Å². The number of ether oxygens (including phenoxy) is 1. The van der Waals surface area contributed by atoms with Gasteiger partial charge in [-0.15, -0.1) is 0 Å². The second kappa shape index (κ2) is 5.67. The topological polar surface area (TPSA) is 51.4 Å². The summed E-state index contributed by atoms with van der Waals surface area (Å²) >= 11 is 0. The molecule has 0 saturated heterocycles. The highest BCUT2D eigenvalue weighted by atomic mass is 19.1. The van der Waals surface area contributed by atoms with Crippen molar-refractivity contribution in [3.63, 3.8) is 0 Å². The number of benzene rings is 1. The normalized spacial score (nSPS) is 10.3. The Bertz CT molecular complexity index is 574. The molecule has 0 aliphatic heterocycles. The Morgan fingerprint density at radius 1 is 1.37 bits per heavy atom. The van der Waals surface area contributed by atoms with Crippen LogP contribution in [0, 0.1) is 5.82 Å². The number of aromatic nitrogens is 1. The number of nitrogens with two attached hydrogens (primary N) is 1. The lowest BCUT2D eigenvalue weighted by atomic mass is 10.2. The molecule has 0 saturated carbocycles. The zero-order chi connectivity index (χ0) is 13.8. The van der Waals surface area contributed by atoms with Crippen molar-refractivity contribution in [1.82, 2.24) is 4.98 Å². The molecule has 0 fully saturated rings. The van der Waals surface area contributed by atoms with Gasteiger partial charge in [0.25, 0.3) is 0 Å². The van der Waals surface area contributed by atoms with E-state index in [0.717, 1.165) is 5.69 Å². The standard InChI is InChI=1S/C14H16FN3O/c1-18(11-4-3-5-12(8-11)19-2)14-13(15)10(9-16)6-7-17-14/h3-8H,9,16H2,1-2H3. The van der Waals surface area contributed by atoms with Gasteiger partial charge in [-0.05, 0) is 18.2 Å². The van der Waals surface area contributed by atoms with Crippen molar-refractivity contribution in [2.75, 3.05) is 19.1 Å². The van der Waals surface area contributed by atoms with E-state index in [-0.39, 0.29) is 12.4 Å². The Kier molecular flexibility index (Phi) is 3.97. The second-order valence-electron chi connectivity index (χ2n) is 4.07. The molecule has 4 nitrogen and oxygen atoms in total. The van der Waals surface area contributed by atoms with Gasteiger partial charge >= 0.3 is 0 Å². The van der Waals surface area contributed by atoms with Gasteiger partial charge in [0.2, 0.25) is 0 Å². The average molecular weight is 261 g/mol. The van der Waals surface area contributed by atoms with Crippen molar-refractivity contribution in [1.29, 1.82) is 0 Å². The number of rotatable bonds is 4. The summed E-state index contributed by atoms with van der Waals surface area (Å²) < 4.78 is 19.3. The van der Waals surface area contributed by atoms with Crippen molar-refractivity contribution < 1.29 is 9.13 Å². The van der Waals surface area contributed by atoms with Crippen LogP contribution in [0.15, 0.2) is 36.5 Å². The molecule has 100 valence electrons. The van der Waals surface area contributed by atoms with Crippen LogP contribution in [0.1, 0.15) is 5.56 Å². The van der Waals surface area contributed by atoms with Crippen LogP contribution >= 0.6 is 0 Å². The minimum atomic E-state index is -0.393. The Morgan fingerprint density at radius 3 is 2.84 bits per heavy atom. The summed E-state index contributed by atoms with van der Waals surface area (Å²) in [5, 5.41) is 0. The first kappa shape index (κ1) is 13.3. The molecule has 0 atom stereocenters. The van der Waals surface area contributed by atoms with E-state index in [1.165, 1.54) is 0 Å². The summed E-state index contributed by atoms with van der Waals surface area (Å²) in [6.45, 7) is 0.146. The van der Waals surface area contributed by atoms with Crippen molar-refractivity contribution in [2.45, 2.75) is 6.54 Å². The number of anilines is 2. The summed E-state index contributed by atoms with van der Waals surface area (Å²) in [6, 6.07) is 8.93. The Morgan fingerprint density at radius 2 is 2.16 bits per heavy atom. The lowest BCUT2D eigenvalue weighted by Crippen LogP contribution is -2.15. The number of hydrogen-bond acceptors (Lipinski definition) is 4. The minimum Gasteiger partial charge on any atom is -0.497 e. The number of methoxy groups -OCH3 is 1. The Labute approximate surface area is 111 Å². The highest BCUT2D eigenvalue weighted by Crippen LogP contribution is 2.28. The van der Waals surface area contributed by atoms with E-state index in [1.54, 1.807) is 31.3 Å². The maximum atomic E-state index is 14.2. The van der Waals surface area contributed by atoms with E-state index in [4.69, 9.17) is 10.5 Å². The number of nitrogens with zero attached hydrogens (tertiary/aromatic N) is 2. The molecule has 0 amide bonds. The highest BCUT2D eigenvalue weighted by Gasteiger charge is 2.14. The largest absolute Gasteiger partial charge is 0.497 e. The smallest absolute Gasteiger partial charge is 0.170 e. The van der Waals surface area contributed by atoms with E-state index in [0.29, 0.717) is 11.3 Å². The molecule has 0 radical (unpaired) electrons. The van der Waals surface area contributed by atoms with Crippen LogP contribution in [0.3, 0.4) is 0 Å². The third-order valence-electron chi connectivity index (χ3n) is 2.93. The first-order valence-corrected chi connectivity index (χ1v) is 5.88. The predicted octanol–water partition coefficient (Wildman–Crippen LogP) is 2.46. The van der Waals surface area contributed by atoms with Crippen LogP contribution in [0.4, 0.5) is 15.9 Å². The summed E-state index contributed by atoms with van der Waals surface area (Å²) in [4.78, 5) is 5.74. The van der Waals surface area contributed by atoms with Crippen molar-refractivity contribution in [2.24, 2.45) is 5.73 Å². The molecule has 0 aliphatic carbocycles. The monoisotopic (exact) mass is 261 g/mol. The molecule has 0 aliphatic rings. The van der Waals surface area contributed by atoms with Crippen LogP contribution in [-0.4, -0.2) is 19.1 Å². The van der Waals surface area contributed by atoms with Gasteiger partial charge in [0.15, 0.2) is 11.6 Å². The lowest BCUT2D eigenvalue weighted by molar-refractivity contribution is 0.415. The third kappa shape index (κ3) is 2.66. The molecular formula is C14H16FN3O. The van der Waals surface area contributed by atoms with E-state index in [1.807, 2.05) is 24.3 Å².